The summed E-state index contributed by atoms with van der Waals surface area (Å²) in [5, 5.41) is 9.90. The lowest BCUT2D eigenvalue weighted by Gasteiger charge is -2.05. The number of fused-ring (bicyclic) bond motifs is 1. The van der Waals surface area contributed by atoms with E-state index in [2.05, 4.69) is 6.58 Å². The van der Waals surface area contributed by atoms with Crippen molar-refractivity contribution in [2.45, 2.75) is 0 Å². The fourth-order valence-electron chi connectivity index (χ4n) is 1.71. The van der Waals surface area contributed by atoms with Crippen LogP contribution < -0.4 is 11.4 Å². The van der Waals surface area contributed by atoms with Crippen LogP contribution in [-0.4, -0.2) is 5.11 Å². The van der Waals surface area contributed by atoms with Crippen molar-refractivity contribution < 1.29 is 9.52 Å². The Labute approximate surface area is 97.3 Å². The number of aliphatic hydroxyl groups is 1. The van der Waals surface area contributed by atoms with Gasteiger partial charge in [0, 0.05) is 16.6 Å². The summed E-state index contributed by atoms with van der Waals surface area (Å²) in [7, 11) is 0. The molecule has 0 radical (unpaired) electrons. The van der Waals surface area contributed by atoms with E-state index in [0.29, 0.717) is 27.8 Å². The van der Waals surface area contributed by atoms with Crippen LogP contribution in [0.25, 0.3) is 22.9 Å². The van der Waals surface area contributed by atoms with Crippen LogP contribution in [-0.2, 0) is 0 Å². The molecule has 1 aromatic heterocycles. The van der Waals surface area contributed by atoms with Crippen LogP contribution in [0, 0.1) is 0 Å². The zero-order chi connectivity index (χ0) is 12.4. The fraction of sp³-hybridized carbons (Fsp3) is 0. The summed E-state index contributed by atoms with van der Waals surface area (Å²) in [6.45, 7) is 3.57. The molecule has 0 spiro atoms. The Balaban J connectivity index is 2.98. The monoisotopic (exact) mass is 229 g/mol. The molecule has 3 N–H and O–H groups in total. The third-order valence-corrected chi connectivity index (χ3v) is 2.45. The maximum absolute atomic E-state index is 11.7. The standard InChI is InChI=1S/C13H11NO3/c1-2-12-10(5-6-15)9-4-3-8(14)7-11(9)13(16)17-12/h2-7,15H,1,14H2/b6-5-. The van der Waals surface area contributed by atoms with Gasteiger partial charge in [-0.2, -0.15) is 0 Å². The first-order valence-corrected chi connectivity index (χ1v) is 4.97. The number of hydrogen-bond donors (Lipinski definition) is 2. The van der Waals surface area contributed by atoms with E-state index < -0.39 is 5.63 Å². The molecule has 0 fully saturated rings. The van der Waals surface area contributed by atoms with Gasteiger partial charge in [0.1, 0.15) is 5.76 Å². The minimum absolute atomic E-state index is 0.317. The van der Waals surface area contributed by atoms with Gasteiger partial charge in [-0.15, -0.1) is 0 Å². The predicted molar refractivity (Wildman–Crippen MR) is 68.7 cm³/mol. The molecule has 0 saturated heterocycles. The quantitative estimate of drug-likeness (QED) is 0.612. The molecule has 4 nitrogen and oxygen atoms in total. The lowest BCUT2D eigenvalue weighted by Crippen LogP contribution is -2.03. The number of benzene rings is 1. The van der Waals surface area contributed by atoms with Crippen molar-refractivity contribution in [3.8, 4) is 0 Å². The number of anilines is 1. The van der Waals surface area contributed by atoms with Crippen molar-refractivity contribution in [1.82, 2.24) is 0 Å². The van der Waals surface area contributed by atoms with Gasteiger partial charge in [0.25, 0.3) is 0 Å². The Bertz CT molecular complexity index is 668. The number of hydrogen-bond acceptors (Lipinski definition) is 4. The summed E-state index contributed by atoms with van der Waals surface area (Å²) in [6.07, 6.45) is 3.75. The molecule has 0 unspecified atom stereocenters. The largest absolute Gasteiger partial charge is 0.516 e. The van der Waals surface area contributed by atoms with E-state index in [1.54, 1.807) is 18.2 Å². The van der Waals surface area contributed by atoms with Gasteiger partial charge in [-0.05, 0) is 24.3 Å². The summed E-state index contributed by atoms with van der Waals surface area (Å²) >= 11 is 0. The highest BCUT2D eigenvalue weighted by molar-refractivity contribution is 5.93. The summed E-state index contributed by atoms with van der Waals surface area (Å²) in [4.78, 5) is 11.7. The van der Waals surface area contributed by atoms with E-state index in [9.17, 15) is 4.79 Å². The van der Waals surface area contributed by atoms with Gasteiger partial charge < -0.3 is 15.3 Å². The third-order valence-electron chi connectivity index (χ3n) is 2.45. The van der Waals surface area contributed by atoms with Crippen LogP contribution in [0.4, 0.5) is 5.69 Å². The number of aliphatic hydroxyl groups excluding tert-OH is 1. The normalized spacial score (nSPS) is 11.1. The molecule has 17 heavy (non-hydrogen) atoms. The summed E-state index contributed by atoms with van der Waals surface area (Å²) in [6, 6.07) is 4.94. The number of nitrogens with two attached hydrogens (primary N) is 1. The van der Waals surface area contributed by atoms with Crippen molar-refractivity contribution in [2.75, 3.05) is 5.73 Å². The van der Waals surface area contributed by atoms with E-state index in [4.69, 9.17) is 15.3 Å². The molecule has 86 valence electrons. The molecule has 0 aliphatic carbocycles. The van der Waals surface area contributed by atoms with Gasteiger partial charge in [-0.25, -0.2) is 4.79 Å². The number of nitrogen functional groups attached to an aromatic ring is 1. The molecule has 1 aromatic carbocycles. The van der Waals surface area contributed by atoms with Crippen LogP contribution >= 0.6 is 0 Å². The first-order valence-electron chi connectivity index (χ1n) is 4.97. The van der Waals surface area contributed by atoms with Crippen molar-refractivity contribution in [1.29, 1.82) is 0 Å². The van der Waals surface area contributed by atoms with Crippen molar-refractivity contribution in [3.63, 3.8) is 0 Å². The van der Waals surface area contributed by atoms with E-state index in [0.717, 1.165) is 6.26 Å². The van der Waals surface area contributed by atoms with Crippen LogP contribution in [0.1, 0.15) is 11.3 Å². The highest BCUT2D eigenvalue weighted by atomic mass is 16.4. The van der Waals surface area contributed by atoms with Gasteiger partial charge in [-0.1, -0.05) is 12.6 Å². The maximum Gasteiger partial charge on any atom is 0.344 e. The average molecular weight is 229 g/mol. The summed E-state index contributed by atoms with van der Waals surface area (Å²) in [5.74, 6) is 0.317. The Morgan fingerprint density at radius 2 is 2.12 bits per heavy atom. The SMILES string of the molecule is C=Cc1oc(=O)c2cc(N)ccc2c1/C=C\O. The molecule has 4 heteroatoms. The first kappa shape index (κ1) is 11.0. The molecule has 0 aliphatic rings. The molecule has 1 heterocycles. The average Bonchev–Trinajstić information content (AvgIpc) is 2.33. The first-order chi connectivity index (χ1) is 8.17. The Kier molecular flexibility index (Phi) is 2.70. The zero-order valence-electron chi connectivity index (χ0n) is 9.01. The van der Waals surface area contributed by atoms with E-state index >= 15 is 0 Å². The highest BCUT2D eigenvalue weighted by Crippen LogP contribution is 2.23. The third kappa shape index (κ3) is 1.80. The molecular formula is C13H11NO3. The lowest BCUT2D eigenvalue weighted by molar-refractivity contribution is 0.477. The van der Waals surface area contributed by atoms with Gasteiger partial charge in [0.05, 0.1) is 11.6 Å². The molecule has 0 amide bonds. The second-order valence-corrected chi connectivity index (χ2v) is 3.49. The smallest absolute Gasteiger partial charge is 0.344 e. The molecule has 2 rings (SSSR count). The minimum Gasteiger partial charge on any atom is -0.516 e. The van der Waals surface area contributed by atoms with Gasteiger partial charge in [0.2, 0.25) is 0 Å². The predicted octanol–water partition coefficient (Wildman–Crippen LogP) is 2.55. The van der Waals surface area contributed by atoms with Crippen molar-refractivity contribution in [3.05, 3.63) is 52.8 Å². The summed E-state index contributed by atoms with van der Waals surface area (Å²) < 4.78 is 5.09. The minimum atomic E-state index is -0.475. The van der Waals surface area contributed by atoms with Crippen molar-refractivity contribution in [2.24, 2.45) is 0 Å². The van der Waals surface area contributed by atoms with Gasteiger partial charge >= 0.3 is 5.63 Å². The topological polar surface area (TPSA) is 76.5 Å². The molecule has 0 bridgehead atoms. The highest BCUT2D eigenvalue weighted by Gasteiger charge is 2.09. The fourth-order valence-corrected chi connectivity index (χ4v) is 1.71. The Morgan fingerprint density at radius 3 is 2.76 bits per heavy atom. The van der Waals surface area contributed by atoms with E-state index in [1.807, 2.05) is 0 Å². The van der Waals surface area contributed by atoms with Crippen LogP contribution in [0.3, 0.4) is 0 Å². The molecule has 0 atom stereocenters. The van der Waals surface area contributed by atoms with Gasteiger partial charge in [0.15, 0.2) is 0 Å². The van der Waals surface area contributed by atoms with Crippen LogP contribution in [0.15, 0.2) is 40.3 Å². The maximum atomic E-state index is 11.7. The molecule has 0 aliphatic heterocycles. The van der Waals surface area contributed by atoms with E-state index in [-0.39, 0.29) is 0 Å². The van der Waals surface area contributed by atoms with Gasteiger partial charge in [-0.3, -0.25) is 0 Å². The molecular weight excluding hydrogens is 218 g/mol. The lowest BCUT2D eigenvalue weighted by atomic mass is 10.0. The second-order valence-electron chi connectivity index (χ2n) is 3.49. The van der Waals surface area contributed by atoms with Crippen LogP contribution in [0.2, 0.25) is 0 Å². The number of rotatable bonds is 2. The Morgan fingerprint density at radius 1 is 1.35 bits per heavy atom. The molecule has 0 saturated carbocycles. The van der Waals surface area contributed by atoms with E-state index in [1.165, 1.54) is 12.2 Å². The molecule has 2 aromatic rings. The second kappa shape index (κ2) is 4.17. The van der Waals surface area contributed by atoms with Crippen LogP contribution in [0.5, 0.6) is 0 Å². The zero-order valence-corrected chi connectivity index (χ0v) is 9.01. The van der Waals surface area contributed by atoms with Crippen molar-refractivity contribution >= 4 is 28.6 Å². The Hall–Kier alpha value is -2.49. The summed E-state index contributed by atoms with van der Waals surface area (Å²) in [5.41, 5.74) is 6.22.